The number of nitrogens with zero attached hydrogens (tertiary/aromatic N) is 3. The predicted molar refractivity (Wildman–Crippen MR) is 98.2 cm³/mol. The van der Waals surface area contributed by atoms with Crippen molar-refractivity contribution in [2.75, 3.05) is 27.7 Å². The van der Waals surface area contributed by atoms with Crippen LogP contribution in [0.3, 0.4) is 0 Å². The van der Waals surface area contributed by atoms with Gasteiger partial charge in [0.05, 0.1) is 19.3 Å². The highest BCUT2D eigenvalue weighted by Crippen LogP contribution is 2.32. The molecule has 0 amide bonds. The molecule has 0 spiro atoms. The van der Waals surface area contributed by atoms with Crippen LogP contribution in [0, 0.1) is 5.82 Å². The summed E-state index contributed by atoms with van der Waals surface area (Å²) in [4.78, 5) is 2.12. The van der Waals surface area contributed by atoms with Crippen molar-refractivity contribution in [3.05, 3.63) is 60.5 Å². The molecule has 4 nitrogen and oxygen atoms in total. The minimum atomic E-state index is -0.283. The molecular weight excluding hydrogens is 317 g/mol. The molecule has 0 N–H and O–H groups in total. The second kappa shape index (κ2) is 7.49. The van der Waals surface area contributed by atoms with Gasteiger partial charge in [0.15, 0.2) is 0 Å². The molecule has 0 radical (unpaired) electrons. The molecule has 2 aromatic carbocycles. The highest BCUT2D eigenvalue weighted by molar-refractivity contribution is 5.75. The van der Waals surface area contributed by atoms with Gasteiger partial charge in [0.1, 0.15) is 11.6 Å². The normalized spacial score (nSPS) is 11.1. The summed E-state index contributed by atoms with van der Waals surface area (Å²) in [7, 11) is 5.67. The molecule has 0 saturated heterocycles. The van der Waals surface area contributed by atoms with E-state index in [1.165, 1.54) is 12.1 Å². The fourth-order valence-electron chi connectivity index (χ4n) is 2.69. The molecule has 1 aromatic heterocycles. The van der Waals surface area contributed by atoms with Gasteiger partial charge in [0, 0.05) is 23.9 Å². The van der Waals surface area contributed by atoms with Crippen LogP contribution in [-0.4, -0.2) is 42.4 Å². The predicted octanol–water partition coefficient (Wildman–Crippen LogP) is 3.93. The van der Waals surface area contributed by atoms with Crippen LogP contribution in [0.5, 0.6) is 5.75 Å². The lowest BCUT2D eigenvalue weighted by Gasteiger charge is -2.10. The fraction of sp³-hybridized carbons (Fsp3) is 0.250. The second-order valence-electron chi connectivity index (χ2n) is 6.19. The molecule has 0 atom stereocenters. The van der Waals surface area contributed by atoms with Gasteiger partial charge in [-0.05, 0) is 50.0 Å². The van der Waals surface area contributed by atoms with Gasteiger partial charge in [-0.3, -0.25) is 4.68 Å². The van der Waals surface area contributed by atoms with Gasteiger partial charge < -0.3 is 9.64 Å². The van der Waals surface area contributed by atoms with Gasteiger partial charge >= 0.3 is 0 Å². The van der Waals surface area contributed by atoms with E-state index in [4.69, 9.17) is 4.74 Å². The molecule has 25 heavy (non-hydrogen) atoms. The molecule has 3 rings (SSSR count). The van der Waals surface area contributed by atoms with E-state index >= 15 is 0 Å². The molecule has 130 valence electrons. The monoisotopic (exact) mass is 339 g/mol. The average molecular weight is 339 g/mol. The first kappa shape index (κ1) is 17.2. The van der Waals surface area contributed by atoms with Crippen molar-refractivity contribution in [1.82, 2.24) is 14.7 Å². The minimum Gasteiger partial charge on any atom is -0.496 e. The van der Waals surface area contributed by atoms with E-state index in [-0.39, 0.29) is 5.82 Å². The number of methoxy groups -OCH3 is 1. The van der Waals surface area contributed by atoms with Gasteiger partial charge in [0.2, 0.25) is 0 Å². The Morgan fingerprint density at radius 1 is 1.08 bits per heavy atom. The number of halogens is 1. The number of benzene rings is 2. The van der Waals surface area contributed by atoms with Gasteiger partial charge in [0.25, 0.3) is 0 Å². The lowest BCUT2D eigenvalue weighted by atomic mass is 10.0. The highest BCUT2D eigenvalue weighted by Gasteiger charge is 2.10. The van der Waals surface area contributed by atoms with Crippen LogP contribution in [-0.2, 0) is 6.54 Å². The Kier molecular flexibility index (Phi) is 5.14. The number of likely N-dealkylation sites (N-methyl/N-ethyl adjacent to an activating group) is 1. The van der Waals surface area contributed by atoms with E-state index in [0.717, 1.165) is 35.5 Å². The summed E-state index contributed by atoms with van der Waals surface area (Å²) in [6, 6.07) is 14.5. The van der Waals surface area contributed by atoms with Gasteiger partial charge in [-0.1, -0.05) is 18.2 Å². The SMILES string of the molecule is COc1ccc(F)cc1-c1cccc(-c2ccn(CCN(C)C)n2)c1. The van der Waals surface area contributed by atoms with E-state index in [9.17, 15) is 4.39 Å². The zero-order valence-electron chi connectivity index (χ0n) is 14.7. The number of rotatable bonds is 6. The van der Waals surface area contributed by atoms with Crippen LogP contribution < -0.4 is 4.74 Å². The van der Waals surface area contributed by atoms with Crippen molar-refractivity contribution in [3.8, 4) is 28.1 Å². The molecule has 0 aliphatic carbocycles. The largest absolute Gasteiger partial charge is 0.496 e. The summed E-state index contributed by atoms with van der Waals surface area (Å²) in [5.74, 6) is 0.365. The van der Waals surface area contributed by atoms with Crippen molar-refractivity contribution in [2.45, 2.75) is 6.54 Å². The third kappa shape index (κ3) is 4.06. The van der Waals surface area contributed by atoms with E-state index in [1.54, 1.807) is 13.2 Å². The Bertz CT molecular complexity index is 858. The molecule has 1 heterocycles. The number of hydrogen-bond acceptors (Lipinski definition) is 3. The number of aromatic nitrogens is 2. The Labute approximate surface area is 147 Å². The first-order chi connectivity index (χ1) is 12.1. The maximum atomic E-state index is 13.7. The van der Waals surface area contributed by atoms with E-state index < -0.39 is 0 Å². The van der Waals surface area contributed by atoms with Crippen LogP contribution in [0.25, 0.3) is 22.4 Å². The number of ether oxygens (including phenoxy) is 1. The van der Waals surface area contributed by atoms with Crippen LogP contribution >= 0.6 is 0 Å². The first-order valence-corrected chi connectivity index (χ1v) is 8.19. The van der Waals surface area contributed by atoms with E-state index in [0.29, 0.717) is 5.75 Å². The Balaban J connectivity index is 1.91. The molecule has 0 unspecified atom stereocenters. The quantitative estimate of drug-likeness (QED) is 0.682. The molecule has 0 fully saturated rings. The lowest BCUT2D eigenvalue weighted by Crippen LogP contribution is -2.18. The van der Waals surface area contributed by atoms with Crippen LogP contribution in [0.15, 0.2) is 54.7 Å². The standard InChI is InChI=1S/C20H22FN3O/c1-23(2)11-12-24-10-9-19(22-24)16-6-4-5-15(13-16)18-14-17(21)7-8-20(18)25-3/h4-10,13-14H,11-12H2,1-3H3. The Morgan fingerprint density at radius 2 is 1.88 bits per heavy atom. The summed E-state index contributed by atoms with van der Waals surface area (Å²) in [5, 5.41) is 4.63. The smallest absolute Gasteiger partial charge is 0.126 e. The van der Waals surface area contributed by atoms with Crippen molar-refractivity contribution in [2.24, 2.45) is 0 Å². The zero-order chi connectivity index (χ0) is 17.8. The molecule has 5 heteroatoms. The topological polar surface area (TPSA) is 30.3 Å². The zero-order valence-corrected chi connectivity index (χ0v) is 14.7. The summed E-state index contributed by atoms with van der Waals surface area (Å²) < 4.78 is 21.0. The molecule has 0 bridgehead atoms. The molecule has 3 aromatic rings. The number of hydrogen-bond donors (Lipinski definition) is 0. The van der Waals surface area contributed by atoms with Crippen LogP contribution in [0.1, 0.15) is 0 Å². The highest BCUT2D eigenvalue weighted by atomic mass is 19.1. The summed E-state index contributed by atoms with van der Waals surface area (Å²) in [5.41, 5.74) is 3.52. The third-order valence-corrected chi connectivity index (χ3v) is 4.05. The average Bonchev–Trinajstić information content (AvgIpc) is 3.09. The van der Waals surface area contributed by atoms with Gasteiger partial charge in [-0.2, -0.15) is 5.10 Å². The molecule has 0 aliphatic heterocycles. The summed E-state index contributed by atoms with van der Waals surface area (Å²) >= 11 is 0. The maximum Gasteiger partial charge on any atom is 0.126 e. The van der Waals surface area contributed by atoms with Crippen molar-refractivity contribution < 1.29 is 9.13 Å². The van der Waals surface area contributed by atoms with Gasteiger partial charge in [-0.15, -0.1) is 0 Å². The van der Waals surface area contributed by atoms with Crippen molar-refractivity contribution in [1.29, 1.82) is 0 Å². The lowest BCUT2D eigenvalue weighted by molar-refractivity contribution is 0.373. The van der Waals surface area contributed by atoms with Crippen molar-refractivity contribution >= 4 is 0 Å². The fourth-order valence-corrected chi connectivity index (χ4v) is 2.69. The van der Waals surface area contributed by atoms with Crippen LogP contribution in [0.4, 0.5) is 4.39 Å². The second-order valence-corrected chi connectivity index (χ2v) is 6.19. The Morgan fingerprint density at radius 3 is 2.64 bits per heavy atom. The molecule has 0 saturated carbocycles. The van der Waals surface area contributed by atoms with E-state index in [2.05, 4.69) is 10.00 Å². The summed E-state index contributed by atoms with van der Waals surface area (Å²) in [6.07, 6.45) is 1.98. The Hall–Kier alpha value is -2.66. The van der Waals surface area contributed by atoms with Crippen LogP contribution in [0.2, 0.25) is 0 Å². The first-order valence-electron chi connectivity index (χ1n) is 8.19. The van der Waals surface area contributed by atoms with E-state index in [1.807, 2.05) is 55.3 Å². The van der Waals surface area contributed by atoms with Gasteiger partial charge in [-0.25, -0.2) is 4.39 Å². The molecular formula is C20H22FN3O. The summed E-state index contributed by atoms with van der Waals surface area (Å²) in [6.45, 7) is 1.77. The third-order valence-electron chi connectivity index (χ3n) is 4.05. The maximum absolute atomic E-state index is 13.7. The van der Waals surface area contributed by atoms with Crippen molar-refractivity contribution in [3.63, 3.8) is 0 Å². The minimum absolute atomic E-state index is 0.283. The molecule has 0 aliphatic rings.